The number of rotatable bonds is 2. The number of piperidine rings is 1. The molecule has 4 nitrogen and oxygen atoms in total. The van der Waals surface area contributed by atoms with Gasteiger partial charge in [-0.25, -0.2) is 0 Å². The first-order valence-electron chi connectivity index (χ1n) is 6.81. The third-order valence-electron chi connectivity index (χ3n) is 3.96. The Morgan fingerprint density at radius 1 is 1.32 bits per heavy atom. The predicted octanol–water partition coefficient (Wildman–Crippen LogP) is 1.74. The van der Waals surface area contributed by atoms with E-state index in [9.17, 15) is 4.79 Å². The summed E-state index contributed by atoms with van der Waals surface area (Å²) < 4.78 is 0. The maximum Gasteiger partial charge on any atom is 0.254 e. The third kappa shape index (κ3) is 3.07. The molecule has 1 aliphatic heterocycles. The SMILES string of the molecule is Cc1cc(N)ccc1C(=O)N1CCC(N(C)C)CC1. The number of hydrogen-bond donors (Lipinski definition) is 1. The number of anilines is 1. The van der Waals surface area contributed by atoms with Gasteiger partial charge in [0.1, 0.15) is 0 Å². The van der Waals surface area contributed by atoms with Crippen LogP contribution in [-0.4, -0.2) is 48.9 Å². The van der Waals surface area contributed by atoms with Crippen LogP contribution in [0.15, 0.2) is 18.2 Å². The van der Waals surface area contributed by atoms with E-state index in [2.05, 4.69) is 19.0 Å². The number of amides is 1. The Hall–Kier alpha value is -1.55. The number of benzene rings is 1. The summed E-state index contributed by atoms with van der Waals surface area (Å²) >= 11 is 0. The number of aryl methyl sites for hydroxylation is 1. The standard InChI is InChI=1S/C15H23N3O/c1-11-10-12(16)4-5-14(11)15(19)18-8-6-13(7-9-18)17(2)3/h4-5,10,13H,6-9,16H2,1-3H3. The van der Waals surface area contributed by atoms with Crippen LogP contribution in [0.4, 0.5) is 5.69 Å². The molecule has 19 heavy (non-hydrogen) atoms. The molecule has 1 aromatic carbocycles. The normalized spacial score (nSPS) is 16.9. The lowest BCUT2D eigenvalue weighted by Crippen LogP contribution is -2.44. The Balaban J connectivity index is 2.05. The summed E-state index contributed by atoms with van der Waals surface area (Å²) in [6.07, 6.45) is 2.10. The Morgan fingerprint density at radius 3 is 2.47 bits per heavy atom. The van der Waals surface area contributed by atoms with Crippen LogP contribution in [0.3, 0.4) is 0 Å². The lowest BCUT2D eigenvalue weighted by molar-refractivity contribution is 0.0662. The van der Waals surface area contributed by atoms with Crippen molar-refractivity contribution in [2.75, 3.05) is 32.9 Å². The smallest absolute Gasteiger partial charge is 0.254 e. The molecule has 0 spiro atoms. The Bertz CT molecular complexity index is 462. The molecule has 1 aromatic rings. The van der Waals surface area contributed by atoms with Crippen molar-refractivity contribution in [2.45, 2.75) is 25.8 Å². The average molecular weight is 261 g/mol. The highest BCUT2D eigenvalue weighted by atomic mass is 16.2. The summed E-state index contributed by atoms with van der Waals surface area (Å²) in [5.74, 6) is 0.134. The number of nitrogen functional groups attached to an aromatic ring is 1. The minimum atomic E-state index is 0.134. The van der Waals surface area contributed by atoms with Crippen molar-refractivity contribution in [1.82, 2.24) is 9.80 Å². The Morgan fingerprint density at radius 2 is 1.95 bits per heavy atom. The molecule has 0 saturated carbocycles. The molecule has 0 aliphatic carbocycles. The van der Waals surface area contributed by atoms with Gasteiger partial charge >= 0.3 is 0 Å². The molecule has 1 heterocycles. The largest absolute Gasteiger partial charge is 0.399 e. The van der Waals surface area contributed by atoms with E-state index in [4.69, 9.17) is 5.73 Å². The zero-order chi connectivity index (χ0) is 14.0. The lowest BCUT2D eigenvalue weighted by Gasteiger charge is -2.35. The topological polar surface area (TPSA) is 49.6 Å². The van der Waals surface area contributed by atoms with E-state index in [1.165, 1.54) is 0 Å². The van der Waals surface area contributed by atoms with Crippen molar-refractivity contribution in [3.05, 3.63) is 29.3 Å². The molecule has 0 aromatic heterocycles. The fourth-order valence-electron chi connectivity index (χ4n) is 2.68. The number of carbonyl (C=O) groups excluding carboxylic acids is 1. The molecule has 2 N–H and O–H groups in total. The van der Waals surface area contributed by atoms with E-state index in [0.29, 0.717) is 11.7 Å². The molecule has 1 aliphatic rings. The van der Waals surface area contributed by atoms with Crippen LogP contribution < -0.4 is 5.73 Å². The predicted molar refractivity (Wildman–Crippen MR) is 78.2 cm³/mol. The fourth-order valence-corrected chi connectivity index (χ4v) is 2.68. The van der Waals surface area contributed by atoms with Crippen LogP contribution in [-0.2, 0) is 0 Å². The second kappa shape index (κ2) is 5.61. The number of nitrogens with zero attached hydrogens (tertiary/aromatic N) is 2. The van der Waals surface area contributed by atoms with Gasteiger partial charge < -0.3 is 15.5 Å². The highest BCUT2D eigenvalue weighted by molar-refractivity contribution is 5.96. The van der Waals surface area contributed by atoms with Gasteiger partial charge in [-0.1, -0.05) is 0 Å². The van der Waals surface area contributed by atoms with Crippen molar-refractivity contribution in [2.24, 2.45) is 0 Å². The number of carbonyl (C=O) groups is 1. The van der Waals surface area contributed by atoms with E-state index < -0.39 is 0 Å². The van der Waals surface area contributed by atoms with E-state index in [1.54, 1.807) is 6.07 Å². The van der Waals surface area contributed by atoms with Gasteiger partial charge in [0.2, 0.25) is 0 Å². The summed E-state index contributed by atoms with van der Waals surface area (Å²) in [5.41, 5.74) is 8.17. The van der Waals surface area contributed by atoms with Crippen molar-refractivity contribution in [3.8, 4) is 0 Å². The third-order valence-corrected chi connectivity index (χ3v) is 3.96. The molecule has 0 atom stereocenters. The van der Waals surface area contributed by atoms with Gasteiger partial charge in [-0.05, 0) is 57.6 Å². The van der Waals surface area contributed by atoms with Crippen LogP contribution in [0.25, 0.3) is 0 Å². The van der Waals surface area contributed by atoms with Crippen molar-refractivity contribution in [3.63, 3.8) is 0 Å². The minimum absolute atomic E-state index is 0.134. The molecule has 1 saturated heterocycles. The first-order chi connectivity index (χ1) is 8.99. The fraction of sp³-hybridized carbons (Fsp3) is 0.533. The molecular weight excluding hydrogens is 238 g/mol. The highest BCUT2D eigenvalue weighted by Crippen LogP contribution is 2.19. The average Bonchev–Trinajstić information content (AvgIpc) is 2.38. The maximum atomic E-state index is 12.5. The van der Waals surface area contributed by atoms with E-state index in [-0.39, 0.29) is 5.91 Å². The van der Waals surface area contributed by atoms with Gasteiger partial charge in [0, 0.05) is 30.4 Å². The zero-order valence-corrected chi connectivity index (χ0v) is 12.0. The first-order valence-corrected chi connectivity index (χ1v) is 6.81. The minimum Gasteiger partial charge on any atom is -0.399 e. The molecule has 1 fully saturated rings. The molecule has 104 valence electrons. The van der Waals surface area contributed by atoms with E-state index in [1.807, 2.05) is 24.0 Å². The molecule has 4 heteroatoms. The molecule has 2 rings (SSSR count). The van der Waals surface area contributed by atoms with Crippen molar-refractivity contribution in [1.29, 1.82) is 0 Å². The number of likely N-dealkylation sites (tertiary alicyclic amines) is 1. The van der Waals surface area contributed by atoms with Gasteiger partial charge in [0.15, 0.2) is 0 Å². The molecular formula is C15H23N3O. The number of nitrogens with two attached hydrogens (primary N) is 1. The molecule has 0 bridgehead atoms. The van der Waals surface area contributed by atoms with Gasteiger partial charge in [-0.2, -0.15) is 0 Å². The summed E-state index contributed by atoms with van der Waals surface area (Å²) in [6, 6.07) is 6.09. The summed E-state index contributed by atoms with van der Waals surface area (Å²) in [6.45, 7) is 3.62. The Kier molecular flexibility index (Phi) is 4.10. The van der Waals surface area contributed by atoms with E-state index in [0.717, 1.165) is 37.1 Å². The monoisotopic (exact) mass is 261 g/mol. The molecule has 0 unspecified atom stereocenters. The molecule has 0 radical (unpaired) electrons. The zero-order valence-electron chi connectivity index (χ0n) is 12.0. The molecule has 1 amide bonds. The second-order valence-electron chi connectivity index (χ2n) is 5.56. The van der Waals surface area contributed by atoms with Crippen LogP contribution in [0.2, 0.25) is 0 Å². The highest BCUT2D eigenvalue weighted by Gasteiger charge is 2.25. The summed E-state index contributed by atoms with van der Waals surface area (Å²) in [7, 11) is 4.21. The quantitative estimate of drug-likeness (QED) is 0.825. The van der Waals surface area contributed by atoms with Crippen molar-refractivity contribution < 1.29 is 4.79 Å². The second-order valence-corrected chi connectivity index (χ2v) is 5.56. The van der Waals surface area contributed by atoms with Gasteiger partial charge in [0.25, 0.3) is 5.91 Å². The summed E-state index contributed by atoms with van der Waals surface area (Å²) in [5, 5.41) is 0. The van der Waals surface area contributed by atoms with Gasteiger partial charge in [0.05, 0.1) is 0 Å². The van der Waals surface area contributed by atoms with Crippen LogP contribution >= 0.6 is 0 Å². The lowest BCUT2D eigenvalue weighted by atomic mass is 10.0. The van der Waals surface area contributed by atoms with Crippen LogP contribution in [0, 0.1) is 6.92 Å². The van der Waals surface area contributed by atoms with Gasteiger partial charge in [-0.15, -0.1) is 0 Å². The number of hydrogen-bond acceptors (Lipinski definition) is 3. The van der Waals surface area contributed by atoms with Gasteiger partial charge in [-0.3, -0.25) is 4.79 Å². The van der Waals surface area contributed by atoms with E-state index >= 15 is 0 Å². The van der Waals surface area contributed by atoms with Crippen molar-refractivity contribution >= 4 is 11.6 Å². The van der Waals surface area contributed by atoms with Crippen LogP contribution in [0.5, 0.6) is 0 Å². The first kappa shape index (κ1) is 13.9. The Labute approximate surface area is 115 Å². The van der Waals surface area contributed by atoms with Crippen LogP contribution in [0.1, 0.15) is 28.8 Å². The maximum absolute atomic E-state index is 12.5. The summed E-state index contributed by atoms with van der Waals surface area (Å²) in [4.78, 5) is 16.7.